The van der Waals surface area contributed by atoms with Gasteiger partial charge in [0.1, 0.15) is 0 Å². The molecule has 0 saturated heterocycles. The smallest absolute Gasteiger partial charge is 0.412 e. The summed E-state index contributed by atoms with van der Waals surface area (Å²) in [6.45, 7) is 2.63. The summed E-state index contributed by atoms with van der Waals surface area (Å²) >= 11 is 0. The van der Waals surface area contributed by atoms with Crippen molar-refractivity contribution in [2.75, 3.05) is 13.1 Å². The molecule has 0 radical (unpaired) electrons. The number of hydrogen-bond donors (Lipinski definition) is 2. The lowest BCUT2D eigenvalue weighted by Gasteiger charge is -2.16. The van der Waals surface area contributed by atoms with E-state index in [0.29, 0.717) is 43.9 Å². The molecule has 0 spiro atoms. The van der Waals surface area contributed by atoms with Gasteiger partial charge in [-0.05, 0) is 36.5 Å². The molecule has 206 valence electrons. The van der Waals surface area contributed by atoms with Gasteiger partial charge in [0, 0.05) is 31.3 Å². The number of nitrogens with one attached hydrogen (secondary N) is 2. The zero-order valence-electron chi connectivity index (χ0n) is 22.3. The maximum Gasteiger partial charge on any atom is 0.412 e. The molecule has 0 aliphatic heterocycles. The summed E-state index contributed by atoms with van der Waals surface area (Å²) in [6, 6.07) is 22.2. The lowest BCUT2D eigenvalue weighted by molar-refractivity contribution is -0.121. The molecule has 0 saturated carbocycles. The molecular weight excluding hydrogens is 508 g/mol. The second-order valence-corrected chi connectivity index (χ2v) is 9.46. The van der Waals surface area contributed by atoms with Crippen molar-refractivity contribution in [3.63, 3.8) is 0 Å². The lowest BCUT2D eigenvalue weighted by Crippen LogP contribution is -2.31. The highest BCUT2D eigenvalue weighted by Crippen LogP contribution is 2.27. The Bertz CT molecular complexity index is 1380. The molecule has 2 amide bonds. The lowest BCUT2D eigenvalue weighted by atomic mass is 9.91. The van der Waals surface area contributed by atoms with E-state index in [-0.39, 0.29) is 23.5 Å². The highest BCUT2D eigenvalue weighted by Gasteiger charge is 2.26. The van der Waals surface area contributed by atoms with Gasteiger partial charge in [-0.25, -0.2) is 9.78 Å². The van der Waals surface area contributed by atoms with E-state index >= 15 is 0 Å². The van der Waals surface area contributed by atoms with Crippen LogP contribution in [0.3, 0.4) is 0 Å². The number of carbonyl (C=O) groups is 3. The van der Waals surface area contributed by atoms with Crippen LogP contribution in [-0.2, 0) is 4.79 Å². The monoisotopic (exact) mass is 540 g/mol. The Morgan fingerprint density at radius 3 is 2.33 bits per heavy atom. The minimum Gasteiger partial charge on any atom is -0.434 e. The predicted octanol–water partition coefficient (Wildman–Crippen LogP) is 5.41. The number of rotatable bonds is 13. The molecule has 4 rings (SSSR count). The first kappa shape index (κ1) is 28.2. The average Bonchev–Trinajstić information content (AvgIpc) is 3.47. The standard InChI is InChI=1S/C31H32N4O5/c1-22(14-17-34-31(38)39-25-13-8-16-32-20-25)19-28(36)33-18-15-26(23-9-4-2-5-10-23)29(37)30-35-21-27(40-30)24-11-6-3-7-12-24/h2-13,16,20-22,26H,14-15,17-19H2,1H3,(H,33,36)(H,34,38). The summed E-state index contributed by atoms with van der Waals surface area (Å²) in [4.78, 5) is 46.0. The summed E-state index contributed by atoms with van der Waals surface area (Å²) < 4.78 is 10.9. The molecule has 9 nitrogen and oxygen atoms in total. The van der Waals surface area contributed by atoms with Gasteiger partial charge >= 0.3 is 6.09 Å². The van der Waals surface area contributed by atoms with Crippen molar-refractivity contribution in [3.05, 3.63) is 103 Å². The van der Waals surface area contributed by atoms with Crippen molar-refractivity contribution in [2.24, 2.45) is 5.92 Å². The first-order valence-corrected chi connectivity index (χ1v) is 13.2. The SMILES string of the molecule is CC(CCNC(=O)Oc1cccnc1)CC(=O)NCCC(C(=O)c1ncc(-c2ccccc2)o1)c1ccccc1. The second-order valence-electron chi connectivity index (χ2n) is 9.46. The molecule has 2 N–H and O–H groups in total. The number of ketones is 1. The quantitative estimate of drug-likeness (QED) is 0.217. The topological polar surface area (TPSA) is 123 Å². The number of Topliss-reactive ketones (excluding diaryl/α,β-unsaturated/α-hetero) is 1. The summed E-state index contributed by atoms with van der Waals surface area (Å²) in [6.07, 6.45) is 5.33. The number of amides is 2. The van der Waals surface area contributed by atoms with Crippen molar-refractivity contribution >= 4 is 17.8 Å². The third kappa shape index (κ3) is 8.36. The third-order valence-electron chi connectivity index (χ3n) is 6.33. The highest BCUT2D eigenvalue weighted by atomic mass is 16.6. The van der Waals surface area contributed by atoms with Gasteiger partial charge in [0.2, 0.25) is 11.7 Å². The molecule has 2 heterocycles. The number of oxazole rings is 1. The van der Waals surface area contributed by atoms with Gasteiger partial charge in [-0.3, -0.25) is 14.6 Å². The maximum absolute atomic E-state index is 13.4. The Hall–Kier alpha value is -4.79. The molecule has 0 aliphatic carbocycles. The Morgan fingerprint density at radius 1 is 0.875 bits per heavy atom. The first-order chi connectivity index (χ1) is 19.5. The van der Waals surface area contributed by atoms with Crippen LogP contribution in [0.1, 0.15) is 48.4 Å². The van der Waals surface area contributed by atoms with Crippen LogP contribution in [0.4, 0.5) is 4.79 Å². The van der Waals surface area contributed by atoms with Crippen LogP contribution in [-0.4, -0.2) is 40.8 Å². The van der Waals surface area contributed by atoms with Crippen molar-refractivity contribution in [2.45, 2.75) is 32.1 Å². The van der Waals surface area contributed by atoms with Crippen molar-refractivity contribution < 1.29 is 23.5 Å². The van der Waals surface area contributed by atoms with E-state index in [2.05, 4.69) is 20.6 Å². The summed E-state index contributed by atoms with van der Waals surface area (Å²) in [5.74, 6) is 0.0943. The predicted molar refractivity (Wildman–Crippen MR) is 150 cm³/mol. The molecule has 2 aromatic carbocycles. The fourth-order valence-electron chi connectivity index (χ4n) is 4.23. The number of benzene rings is 2. The Labute approximate surface area is 233 Å². The van der Waals surface area contributed by atoms with Crippen molar-refractivity contribution in [1.82, 2.24) is 20.6 Å². The third-order valence-corrected chi connectivity index (χ3v) is 6.33. The van der Waals surface area contributed by atoms with Crippen LogP contribution in [0, 0.1) is 5.92 Å². The molecule has 4 aromatic rings. The van der Waals surface area contributed by atoms with E-state index in [9.17, 15) is 14.4 Å². The van der Waals surface area contributed by atoms with Gasteiger partial charge in [0.25, 0.3) is 5.89 Å². The molecule has 40 heavy (non-hydrogen) atoms. The van der Waals surface area contributed by atoms with E-state index in [1.807, 2.05) is 67.6 Å². The minimum atomic E-state index is -0.566. The number of aromatic nitrogens is 2. The molecule has 2 aromatic heterocycles. The highest BCUT2D eigenvalue weighted by molar-refractivity contribution is 5.97. The van der Waals surface area contributed by atoms with Crippen molar-refractivity contribution in [3.8, 4) is 17.1 Å². The van der Waals surface area contributed by atoms with Gasteiger partial charge in [0.05, 0.1) is 18.3 Å². The fraction of sp³-hybridized carbons (Fsp3) is 0.258. The molecule has 0 aliphatic rings. The van der Waals surface area contributed by atoms with Crippen LogP contribution in [0.25, 0.3) is 11.3 Å². The molecule has 2 atom stereocenters. The van der Waals surface area contributed by atoms with Gasteiger partial charge < -0.3 is 19.8 Å². The fourth-order valence-corrected chi connectivity index (χ4v) is 4.23. The molecule has 0 bridgehead atoms. The van der Waals surface area contributed by atoms with E-state index in [0.717, 1.165) is 11.1 Å². The Balaban J connectivity index is 1.25. The number of hydrogen-bond acceptors (Lipinski definition) is 7. The zero-order valence-corrected chi connectivity index (χ0v) is 22.3. The van der Waals surface area contributed by atoms with E-state index in [1.165, 1.54) is 6.20 Å². The number of ether oxygens (including phenoxy) is 1. The number of carbonyl (C=O) groups excluding carboxylic acids is 3. The van der Waals surface area contributed by atoms with Crippen LogP contribution in [0.5, 0.6) is 5.75 Å². The summed E-state index contributed by atoms with van der Waals surface area (Å²) in [5.41, 5.74) is 1.67. The Kier molecular flexibility index (Phi) is 10.2. The van der Waals surface area contributed by atoms with Gasteiger partial charge in [-0.1, -0.05) is 67.6 Å². The largest absolute Gasteiger partial charge is 0.434 e. The van der Waals surface area contributed by atoms with E-state index < -0.39 is 12.0 Å². The first-order valence-electron chi connectivity index (χ1n) is 13.2. The maximum atomic E-state index is 13.4. The molecule has 9 heteroatoms. The van der Waals surface area contributed by atoms with Gasteiger partial charge in [-0.2, -0.15) is 0 Å². The molecule has 2 unspecified atom stereocenters. The van der Waals surface area contributed by atoms with E-state index in [1.54, 1.807) is 24.5 Å². The molecule has 0 fully saturated rings. The summed E-state index contributed by atoms with van der Waals surface area (Å²) in [5, 5.41) is 5.60. The summed E-state index contributed by atoms with van der Waals surface area (Å²) in [7, 11) is 0. The van der Waals surface area contributed by atoms with Gasteiger partial charge in [0.15, 0.2) is 11.5 Å². The van der Waals surface area contributed by atoms with Crippen LogP contribution in [0.2, 0.25) is 0 Å². The average molecular weight is 541 g/mol. The van der Waals surface area contributed by atoms with Gasteiger partial charge in [-0.15, -0.1) is 0 Å². The minimum absolute atomic E-state index is 0.0361. The zero-order chi connectivity index (χ0) is 28.2. The Morgan fingerprint density at radius 2 is 1.60 bits per heavy atom. The second kappa shape index (κ2) is 14.4. The van der Waals surface area contributed by atoms with Crippen LogP contribution in [0.15, 0.2) is 95.8 Å². The normalized spacial score (nSPS) is 12.2. The van der Waals surface area contributed by atoms with Crippen LogP contribution >= 0.6 is 0 Å². The number of pyridine rings is 1. The van der Waals surface area contributed by atoms with Crippen molar-refractivity contribution in [1.29, 1.82) is 0 Å². The number of nitrogens with zero attached hydrogens (tertiary/aromatic N) is 2. The van der Waals surface area contributed by atoms with E-state index in [4.69, 9.17) is 9.15 Å². The van der Waals surface area contributed by atoms with Crippen LogP contribution < -0.4 is 15.4 Å². The molecular formula is C31H32N4O5.